The van der Waals surface area contributed by atoms with Gasteiger partial charge in [0.05, 0.1) is 22.9 Å². The van der Waals surface area contributed by atoms with Crippen molar-refractivity contribution in [2.75, 3.05) is 0 Å². The van der Waals surface area contributed by atoms with Gasteiger partial charge in [-0.1, -0.05) is 12.1 Å². The fourth-order valence-electron chi connectivity index (χ4n) is 2.01. The predicted octanol–water partition coefficient (Wildman–Crippen LogP) is 2.36. The molecule has 0 radical (unpaired) electrons. The van der Waals surface area contributed by atoms with Crippen LogP contribution in [0, 0.1) is 11.3 Å². The molecule has 4 nitrogen and oxygen atoms in total. The molecule has 1 fully saturated rings. The molecule has 3 rings (SSSR count). The molecule has 1 aliphatic rings. The molecule has 0 spiro atoms. The maximum atomic E-state index is 7.53. The van der Waals surface area contributed by atoms with Crippen molar-refractivity contribution in [1.29, 1.82) is 5.41 Å². The van der Waals surface area contributed by atoms with E-state index in [1.807, 2.05) is 24.3 Å². The maximum absolute atomic E-state index is 7.53. The summed E-state index contributed by atoms with van der Waals surface area (Å²) in [6, 6.07) is 7.70. The Balaban J connectivity index is 2.12. The van der Waals surface area contributed by atoms with Gasteiger partial charge in [0, 0.05) is 17.5 Å². The van der Waals surface area contributed by atoms with E-state index in [0.29, 0.717) is 17.2 Å². The second-order valence-corrected chi connectivity index (χ2v) is 4.53. The van der Waals surface area contributed by atoms with Crippen molar-refractivity contribution in [1.82, 2.24) is 9.97 Å². The average Bonchev–Trinajstić information content (AvgIpc) is 3.23. The number of benzene rings is 1. The molecule has 1 aromatic carbocycles. The Morgan fingerprint density at radius 3 is 2.67 bits per heavy atom. The van der Waals surface area contributed by atoms with Crippen LogP contribution in [0.4, 0.5) is 0 Å². The van der Waals surface area contributed by atoms with E-state index < -0.39 is 0 Å². The Morgan fingerprint density at radius 1 is 1.28 bits per heavy atom. The topological polar surface area (TPSA) is 75.7 Å². The van der Waals surface area contributed by atoms with Gasteiger partial charge in [0.25, 0.3) is 0 Å². The van der Waals surface area contributed by atoms with Crippen LogP contribution in [0.3, 0.4) is 0 Å². The lowest BCUT2D eigenvalue weighted by atomic mass is 10.1. The van der Waals surface area contributed by atoms with Crippen LogP contribution in [0.1, 0.15) is 18.5 Å². The molecule has 1 aromatic heterocycles. The van der Waals surface area contributed by atoms with Crippen LogP contribution < -0.4 is 5.73 Å². The third kappa shape index (κ3) is 1.86. The summed E-state index contributed by atoms with van der Waals surface area (Å²) in [7, 11) is 0. The number of rotatable bonds is 3. The number of fused-ring (bicyclic) bond motifs is 1. The highest BCUT2D eigenvalue weighted by atomic mass is 14.8. The lowest BCUT2D eigenvalue weighted by Gasteiger charge is -2.06. The van der Waals surface area contributed by atoms with Crippen LogP contribution in [0.15, 0.2) is 36.2 Å². The molecule has 90 valence electrons. The van der Waals surface area contributed by atoms with Crippen LogP contribution in [-0.4, -0.2) is 16.2 Å². The molecule has 0 aliphatic heterocycles. The summed E-state index contributed by atoms with van der Waals surface area (Å²) in [5, 5.41) is 7.53. The monoisotopic (exact) mass is 238 g/mol. The summed E-state index contributed by atoms with van der Waals surface area (Å²) in [6.45, 7) is 0. The highest BCUT2D eigenvalue weighted by Crippen LogP contribution is 2.36. The van der Waals surface area contributed by atoms with Crippen LogP contribution in [0.2, 0.25) is 0 Å². The molecule has 1 saturated carbocycles. The molecule has 18 heavy (non-hydrogen) atoms. The first-order valence-electron chi connectivity index (χ1n) is 6.02. The van der Waals surface area contributed by atoms with E-state index >= 15 is 0 Å². The minimum absolute atomic E-state index is 0.426. The van der Waals surface area contributed by atoms with E-state index in [0.717, 1.165) is 29.6 Å². The number of hydrogen-bond acceptors (Lipinski definition) is 4. The Kier molecular flexibility index (Phi) is 2.55. The minimum atomic E-state index is 0.426. The molecule has 0 bridgehead atoms. The Morgan fingerprint density at radius 2 is 2.00 bits per heavy atom. The quantitative estimate of drug-likeness (QED) is 0.806. The summed E-state index contributed by atoms with van der Waals surface area (Å²) in [5.74, 6) is 0.426. The largest absolute Gasteiger partial charge is 0.401 e. The first kappa shape index (κ1) is 10.9. The highest BCUT2D eigenvalue weighted by Gasteiger charge is 2.26. The van der Waals surface area contributed by atoms with Crippen LogP contribution in [0.5, 0.6) is 0 Å². The Hall–Kier alpha value is -2.23. The molecule has 0 atom stereocenters. The number of hydrogen-bond donors (Lipinski definition) is 2. The van der Waals surface area contributed by atoms with Crippen LogP contribution >= 0.6 is 0 Å². The zero-order chi connectivity index (χ0) is 12.5. The van der Waals surface area contributed by atoms with Crippen molar-refractivity contribution in [2.45, 2.75) is 12.8 Å². The van der Waals surface area contributed by atoms with Crippen molar-refractivity contribution in [3.8, 4) is 0 Å². The predicted molar refractivity (Wildman–Crippen MR) is 72.2 cm³/mol. The molecule has 0 amide bonds. The van der Waals surface area contributed by atoms with Gasteiger partial charge in [-0.25, -0.2) is 4.98 Å². The molecule has 1 heterocycles. The molecule has 2 aromatic rings. The Labute approximate surface area is 105 Å². The van der Waals surface area contributed by atoms with Crippen LogP contribution in [0.25, 0.3) is 16.6 Å². The SMILES string of the molecule is N=C/C(=C(\N)C1CC1)c1cnc2ccccc2n1. The second-order valence-electron chi connectivity index (χ2n) is 4.53. The first-order valence-corrected chi connectivity index (χ1v) is 6.02. The summed E-state index contributed by atoms with van der Waals surface area (Å²) in [6.07, 6.45) is 5.21. The maximum Gasteiger partial charge on any atom is 0.0925 e. The van der Waals surface area contributed by atoms with Gasteiger partial charge in [-0.3, -0.25) is 4.98 Å². The van der Waals surface area contributed by atoms with Crippen LogP contribution in [-0.2, 0) is 0 Å². The standard InChI is InChI=1S/C14H14N4/c15-7-10(14(16)9-5-6-9)13-8-17-11-3-1-2-4-12(11)18-13/h1-4,7-9,15H,5-6,16H2/b14-10+,15-7?. The number of nitrogens with one attached hydrogen (secondary N) is 1. The molecule has 0 unspecified atom stereocenters. The van der Waals surface area contributed by atoms with Crippen molar-refractivity contribution < 1.29 is 0 Å². The van der Waals surface area contributed by atoms with Gasteiger partial charge >= 0.3 is 0 Å². The molecular formula is C14H14N4. The smallest absolute Gasteiger partial charge is 0.0925 e. The third-order valence-corrected chi connectivity index (χ3v) is 3.20. The minimum Gasteiger partial charge on any atom is -0.401 e. The number of allylic oxidation sites excluding steroid dienone is 2. The van der Waals surface area contributed by atoms with Gasteiger partial charge in [-0.15, -0.1) is 0 Å². The van der Waals surface area contributed by atoms with E-state index in [2.05, 4.69) is 9.97 Å². The Bertz CT molecular complexity index is 641. The number of nitrogens with zero attached hydrogens (tertiary/aromatic N) is 2. The summed E-state index contributed by atoms with van der Waals surface area (Å²) in [4.78, 5) is 8.88. The molecule has 1 aliphatic carbocycles. The molecular weight excluding hydrogens is 224 g/mol. The van der Waals surface area contributed by atoms with Gasteiger partial charge in [-0.2, -0.15) is 0 Å². The fraction of sp³-hybridized carbons (Fsp3) is 0.214. The van der Waals surface area contributed by atoms with Gasteiger partial charge in [0.2, 0.25) is 0 Å². The van der Waals surface area contributed by atoms with Crippen molar-refractivity contribution >= 4 is 22.8 Å². The first-order chi connectivity index (χ1) is 8.79. The van der Waals surface area contributed by atoms with Crippen molar-refractivity contribution in [3.63, 3.8) is 0 Å². The van der Waals surface area contributed by atoms with Gasteiger partial charge < -0.3 is 11.1 Å². The zero-order valence-electron chi connectivity index (χ0n) is 9.93. The fourth-order valence-corrected chi connectivity index (χ4v) is 2.01. The van der Waals surface area contributed by atoms with Crippen molar-refractivity contribution in [3.05, 3.63) is 41.9 Å². The van der Waals surface area contributed by atoms with E-state index in [1.165, 1.54) is 6.21 Å². The van der Waals surface area contributed by atoms with Gasteiger partial charge in [0.15, 0.2) is 0 Å². The number of para-hydroxylation sites is 2. The van der Waals surface area contributed by atoms with E-state index in [9.17, 15) is 0 Å². The lowest BCUT2D eigenvalue weighted by molar-refractivity contribution is 0.985. The third-order valence-electron chi connectivity index (χ3n) is 3.20. The van der Waals surface area contributed by atoms with E-state index in [-0.39, 0.29) is 0 Å². The highest BCUT2D eigenvalue weighted by molar-refractivity contribution is 6.09. The summed E-state index contributed by atoms with van der Waals surface area (Å²) >= 11 is 0. The van der Waals surface area contributed by atoms with E-state index in [1.54, 1.807) is 6.20 Å². The van der Waals surface area contributed by atoms with Crippen molar-refractivity contribution in [2.24, 2.45) is 11.7 Å². The summed E-state index contributed by atoms with van der Waals surface area (Å²) in [5.41, 5.74) is 9.92. The molecule has 0 saturated heterocycles. The van der Waals surface area contributed by atoms with Gasteiger partial charge in [0.1, 0.15) is 0 Å². The average molecular weight is 238 g/mol. The zero-order valence-corrected chi connectivity index (χ0v) is 9.93. The number of aromatic nitrogens is 2. The van der Waals surface area contributed by atoms with E-state index in [4.69, 9.17) is 11.1 Å². The lowest BCUT2D eigenvalue weighted by Crippen LogP contribution is -2.06. The van der Waals surface area contributed by atoms with Gasteiger partial charge in [-0.05, 0) is 30.9 Å². The summed E-state index contributed by atoms with van der Waals surface area (Å²) < 4.78 is 0. The molecule has 3 N–H and O–H groups in total. The number of nitrogens with two attached hydrogens (primary N) is 1. The second kappa shape index (κ2) is 4.22. The molecule has 4 heteroatoms. The normalized spacial score (nSPS) is 16.4.